The summed E-state index contributed by atoms with van der Waals surface area (Å²) < 4.78 is 1.84. The zero-order valence-corrected chi connectivity index (χ0v) is 12.9. The number of hydrogen-bond donors (Lipinski definition) is 1. The van der Waals surface area contributed by atoms with Gasteiger partial charge in [-0.3, -0.25) is 0 Å². The molecule has 0 aliphatic rings. The van der Waals surface area contributed by atoms with Gasteiger partial charge in [0.05, 0.1) is 12.7 Å². The lowest BCUT2D eigenvalue weighted by molar-refractivity contribution is 0.649. The molecule has 3 aromatic rings. The fraction of sp³-hybridized carbons (Fsp3) is 0.222. The molecule has 0 radical (unpaired) electrons. The molecule has 0 atom stereocenters. The highest BCUT2D eigenvalue weighted by Crippen LogP contribution is 2.23. The number of anilines is 1. The fourth-order valence-electron chi connectivity index (χ4n) is 2.42. The minimum absolute atomic E-state index is 0.549. The van der Waals surface area contributed by atoms with Gasteiger partial charge in [0.1, 0.15) is 5.69 Å². The predicted octanol–water partition coefficient (Wildman–Crippen LogP) is 3.70. The fourth-order valence-corrected chi connectivity index (χ4v) is 2.42. The molecule has 0 spiro atoms. The first-order chi connectivity index (χ1) is 10.6. The van der Waals surface area contributed by atoms with Crippen molar-refractivity contribution in [2.45, 2.75) is 26.3 Å². The summed E-state index contributed by atoms with van der Waals surface area (Å²) in [7, 11) is 0. The van der Waals surface area contributed by atoms with Gasteiger partial charge in [-0.05, 0) is 23.1 Å². The van der Waals surface area contributed by atoms with Gasteiger partial charge in [-0.25, -0.2) is 4.68 Å². The smallest absolute Gasteiger partial charge is 0.115 e. The van der Waals surface area contributed by atoms with Crippen molar-refractivity contribution in [3.05, 3.63) is 65.9 Å². The summed E-state index contributed by atoms with van der Waals surface area (Å²) in [4.78, 5) is 0. The highest BCUT2D eigenvalue weighted by molar-refractivity contribution is 5.72. The summed E-state index contributed by atoms with van der Waals surface area (Å²) in [6.07, 6.45) is 1.93. The number of rotatable bonds is 4. The first-order valence-corrected chi connectivity index (χ1v) is 7.47. The summed E-state index contributed by atoms with van der Waals surface area (Å²) in [5.41, 5.74) is 11.0. The molecule has 4 heteroatoms. The third kappa shape index (κ3) is 3.01. The van der Waals surface area contributed by atoms with E-state index in [1.807, 2.05) is 35.1 Å². The van der Waals surface area contributed by atoms with Gasteiger partial charge < -0.3 is 5.73 Å². The van der Waals surface area contributed by atoms with Gasteiger partial charge in [-0.2, -0.15) is 0 Å². The number of nitrogen functional groups attached to an aromatic ring is 1. The molecule has 4 nitrogen and oxygen atoms in total. The quantitative estimate of drug-likeness (QED) is 0.746. The van der Waals surface area contributed by atoms with E-state index >= 15 is 0 Å². The third-order valence-electron chi connectivity index (χ3n) is 3.77. The standard InChI is InChI=1S/C18H20N4/c1-13(2)15-9-7-14(8-10-15)11-22-12-18(20-21-22)16-5-3-4-6-17(16)19/h3-10,12-13H,11,19H2,1-2H3. The second kappa shape index (κ2) is 6.02. The molecule has 1 aromatic heterocycles. The molecule has 2 N–H and O–H groups in total. The van der Waals surface area contributed by atoms with Crippen LogP contribution in [0.25, 0.3) is 11.3 Å². The topological polar surface area (TPSA) is 56.7 Å². The van der Waals surface area contributed by atoms with Gasteiger partial charge in [-0.15, -0.1) is 5.10 Å². The summed E-state index contributed by atoms with van der Waals surface area (Å²) in [5.74, 6) is 0.549. The lowest BCUT2D eigenvalue weighted by atomic mass is 10.0. The Bertz CT molecular complexity index is 757. The van der Waals surface area contributed by atoms with E-state index in [9.17, 15) is 0 Å². The lowest BCUT2D eigenvalue weighted by Gasteiger charge is -2.06. The molecule has 0 aliphatic heterocycles. The second-order valence-corrected chi connectivity index (χ2v) is 5.78. The van der Waals surface area contributed by atoms with E-state index < -0.39 is 0 Å². The molecule has 2 aromatic carbocycles. The van der Waals surface area contributed by atoms with Gasteiger partial charge >= 0.3 is 0 Å². The number of benzene rings is 2. The van der Waals surface area contributed by atoms with Crippen LogP contribution in [0.15, 0.2) is 54.7 Å². The maximum absolute atomic E-state index is 5.98. The number of aromatic nitrogens is 3. The van der Waals surface area contributed by atoms with E-state index in [0.29, 0.717) is 12.5 Å². The average Bonchev–Trinajstić information content (AvgIpc) is 2.96. The first kappa shape index (κ1) is 14.3. The van der Waals surface area contributed by atoms with E-state index in [4.69, 9.17) is 5.73 Å². The number of nitrogens with two attached hydrogens (primary N) is 1. The Morgan fingerprint density at radius 3 is 2.45 bits per heavy atom. The summed E-state index contributed by atoms with van der Waals surface area (Å²) in [6, 6.07) is 16.3. The van der Waals surface area contributed by atoms with Crippen LogP contribution in [0.3, 0.4) is 0 Å². The molecule has 22 heavy (non-hydrogen) atoms. The monoisotopic (exact) mass is 292 g/mol. The Labute approximate surface area is 130 Å². The molecule has 112 valence electrons. The van der Waals surface area contributed by atoms with E-state index in [-0.39, 0.29) is 0 Å². The molecule has 3 rings (SSSR count). The largest absolute Gasteiger partial charge is 0.398 e. The normalized spacial score (nSPS) is 11.0. The van der Waals surface area contributed by atoms with E-state index in [1.54, 1.807) is 0 Å². The van der Waals surface area contributed by atoms with Crippen molar-refractivity contribution in [3.63, 3.8) is 0 Å². The van der Waals surface area contributed by atoms with Crippen LogP contribution in [0.2, 0.25) is 0 Å². The van der Waals surface area contributed by atoms with Crippen molar-refractivity contribution in [2.75, 3.05) is 5.73 Å². The molecule has 0 unspecified atom stereocenters. The zero-order valence-electron chi connectivity index (χ0n) is 12.9. The molecule has 0 saturated carbocycles. The van der Waals surface area contributed by atoms with Crippen molar-refractivity contribution in [3.8, 4) is 11.3 Å². The van der Waals surface area contributed by atoms with Gasteiger partial charge in [0, 0.05) is 11.3 Å². The molecular weight excluding hydrogens is 272 g/mol. The minimum Gasteiger partial charge on any atom is -0.398 e. The third-order valence-corrected chi connectivity index (χ3v) is 3.77. The van der Waals surface area contributed by atoms with Crippen LogP contribution < -0.4 is 5.73 Å². The molecule has 0 saturated heterocycles. The van der Waals surface area contributed by atoms with E-state index in [1.165, 1.54) is 11.1 Å². The van der Waals surface area contributed by atoms with Crippen LogP contribution in [0, 0.1) is 0 Å². The Hall–Kier alpha value is -2.62. The van der Waals surface area contributed by atoms with Crippen molar-refractivity contribution >= 4 is 5.69 Å². The predicted molar refractivity (Wildman–Crippen MR) is 89.5 cm³/mol. The number of para-hydroxylation sites is 1. The van der Waals surface area contributed by atoms with Crippen LogP contribution >= 0.6 is 0 Å². The van der Waals surface area contributed by atoms with Crippen LogP contribution in [0.4, 0.5) is 5.69 Å². The van der Waals surface area contributed by atoms with Crippen LogP contribution in [-0.4, -0.2) is 15.0 Å². The first-order valence-electron chi connectivity index (χ1n) is 7.47. The number of hydrogen-bond acceptors (Lipinski definition) is 3. The second-order valence-electron chi connectivity index (χ2n) is 5.78. The Morgan fingerprint density at radius 2 is 1.77 bits per heavy atom. The van der Waals surface area contributed by atoms with E-state index in [2.05, 4.69) is 48.4 Å². The molecule has 1 heterocycles. The molecular formula is C18H20N4. The van der Waals surface area contributed by atoms with Crippen molar-refractivity contribution < 1.29 is 0 Å². The van der Waals surface area contributed by atoms with Gasteiger partial charge in [0.15, 0.2) is 0 Å². The van der Waals surface area contributed by atoms with Gasteiger partial charge in [0.2, 0.25) is 0 Å². The minimum atomic E-state index is 0.549. The average molecular weight is 292 g/mol. The Balaban J connectivity index is 1.78. The summed E-state index contributed by atoms with van der Waals surface area (Å²) in [6.45, 7) is 5.10. The van der Waals surface area contributed by atoms with Gasteiger partial charge in [-0.1, -0.05) is 61.5 Å². The summed E-state index contributed by atoms with van der Waals surface area (Å²) in [5, 5.41) is 8.42. The summed E-state index contributed by atoms with van der Waals surface area (Å²) >= 11 is 0. The maximum Gasteiger partial charge on any atom is 0.115 e. The maximum atomic E-state index is 5.98. The van der Waals surface area contributed by atoms with Crippen LogP contribution in [0.1, 0.15) is 30.9 Å². The van der Waals surface area contributed by atoms with Crippen molar-refractivity contribution in [2.24, 2.45) is 0 Å². The highest BCUT2D eigenvalue weighted by Gasteiger charge is 2.07. The van der Waals surface area contributed by atoms with Crippen LogP contribution in [0.5, 0.6) is 0 Å². The van der Waals surface area contributed by atoms with E-state index in [0.717, 1.165) is 16.9 Å². The molecule has 0 bridgehead atoms. The Morgan fingerprint density at radius 1 is 1.05 bits per heavy atom. The molecule has 0 amide bonds. The van der Waals surface area contributed by atoms with Crippen LogP contribution in [-0.2, 0) is 6.54 Å². The highest BCUT2D eigenvalue weighted by atomic mass is 15.4. The zero-order chi connectivity index (χ0) is 15.5. The molecule has 0 fully saturated rings. The molecule has 0 aliphatic carbocycles. The van der Waals surface area contributed by atoms with Crippen molar-refractivity contribution in [1.29, 1.82) is 0 Å². The van der Waals surface area contributed by atoms with Crippen molar-refractivity contribution in [1.82, 2.24) is 15.0 Å². The number of nitrogens with zero attached hydrogens (tertiary/aromatic N) is 3. The SMILES string of the molecule is CC(C)c1ccc(Cn2cc(-c3ccccc3N)nn2)cc1. The van der Waals surface area contributed by atoms with Gasteiger partial charge in [0.25, 0.3) is 0 Å². The lowest BCUT2D eigenvalue weighted by Crippen LogP contribution is -2.00. The Kier molecular flexibility index (Phi) is 3.92.